The molecule has 3 rings (SSSR count). The molecule has 1 aromatic heterocycles. The van der Waals surface area contributed by atoms with E-state index in [4.69, 9.17) is 9.47 Å². The van der Waals surface area contributed by atoms with Gasteiger partial charge in [0.25, 0.3) is 0 Å². The lowest BCUT2D eigenvalue weighted by molar-refractivity contribution is -0.142. The second kappa shape index (κ2) is 6.15. The monoisotopic (exact) mass is 298 g/mol. The first-order chi connectivity index (χ1) is 10.7. The van der Waals surface area contributed by atoms with E-state index in [2.05, 4.69) is 16.9 Å². The summed E-state index contributed by atoms with van der Waals surface area (Å²) in [7, 11) is 1.39. The molecule has 2 aromatic rings. The Morgan fingerprint density at radius 1 is 1.45 bits per heavy atom. The molecule has 0 spiro atoms. The van der Waals surface area contributed by atoms with E-state index in [0.29, 0.717) is 18.8 Å². The first-order valence-corrected chi connectivity index (χ1v) is 7.20. The highest BCUT2D eigenvalue weighted by Gasteiger charge is 2.31. The summed E-state index contributed by atoms with van der Waals surface area (Å²) < 4.78 is 10.7. The summed E-state index contributed by atoms with van der Waals surface area (Å²) in [5, 5.41) is 5.11. The molecular formula is C17H18N2O3. The fourth-order valence-electron chi connectivity index (χ4n) is 2.65. The van der Waals surface area contributed by atoms with Crippen LogP contribution in [0.1, 0.15) is 12.0 Å². The van der Waals surface area contributed by atoms with Crippen LogP contribution in [0.3, 0.4) is 0 Å². The standard InChI is InChI=1S/C17H18N2O3/c1-3-11-4-5-12-6-7-18-16(14(12)8-11)22-13-9-15(19-10-13)17(20)21-2/h3-8,13,15,19H,1,9-10H2,2H3. The van der Waals surface area contributed by atoms with Crippen molar-refractivity contribution in [2.45, 2.75) is 18.6 Å². The van der Waals surface area contributed by atoms with Gasteiger partial charge in [0.15, 0.2) is 0 Å². The van der Waals surface area contributed by atoms with Crippen molar-refractivity contribution in [2.24, 2.45) is 0 Å². The molecule has 0 aliphatic carbocycles. The van der Waals surface area contributed by atoms with E-state index in [1.165, 1.54) is 7.11 Å². The highest BCUT2D eigenvalue weighted by Crippen LogP contribution is 2.26. The minimum absolute atomic E-state index is 0.102. The predicted molar refractivity (Wildman–Crippen MR) is 84.7 cm³/mol. The van der Waals surface area contributed by atoms with E-state index in [0.717, 1.165) is 16.3 Å². The van der Waals surface area contributed by atoms with Crippen molar-refractivity contribution in [3.63, 3.8) is 0 Å². The van der Waals surface area contributed by atoms with Crippen LogP contribution in [0.25, 0.3) is 16.8 Å². The minimum atomic E-state index is -0.311. The molecule has 2 unspecified atom stereocenters. The van der Waals surface area contributed by atoms with Crippen LogP contribution >= 0.6 is 0 Å². The van der Waals surface area contributed by atoms with Crippen molar-refractivity contribution < 1.29 is 14.3 Å². The Balaban J connectivity index is 1.82. The van der Waals surface area contributed by atoms with E-state index >= 15 is 0 Å². The predicted octanol–water partition coefficient (Wildman–Crippen LogP) is 2.16. The fraction of sp³-hybridized carbons (Fsp3) is 0.294. The number of ether oxygens (including phenoxy) is 2. The topological polar surface area (TPSA) is 60.5 Å². The largest absolute Gasteiger partial charge is 0.472 e. The smallest absolute Gasteiger partial charge is 0.323 e. The summed E-state index contributed by atoms with van der Waals surface area (Å²) in [5.41, 5.74) is 1.02. The van der Waals surface area contributed by atoms with Gasteiger partial charge in [0.1, 0.15) is 12.1 Å². The van der Waals surface area contributed by atoms with Crippen LogP contribution < -0.4 is 10.1 Å². The minimum Gasteiger partial charge on any atom is -0.472 e. The molecule has 0 saturated carbocycles. The molecular weight excluding hydrogens is 280 g/mol. The van der Waals surface area contributed by atoms with Gasteiger partial charge in [0.05, 0.1) is 7.11 Å². The number of carbonyl (C=O) groups is 1. The number of fused-ring (bicyclic) bond motifs is 1. The summed E-state index contributed by atoms with van der Waals surface area (Å²) in [6.45, 7) is 4.38. The average Bonchev–Trinajstić information content (AvgIpc) is 3.02. The second-order valence-corrected chi connectivity index (χ2v) is 5.26. The highest BCUT2D eigenvalue weighted by atomic mass is 16.5. The molecule has 1 aromatic carbocycles. The average molecular weight is 298 g/mol. The Bertz CT molecular complexity index is 714. The molecule has 1 aliphatic heterocycles. The number of benzene rings is 1. The number of hydrogen-bond donors (Lipinski definition) is 1. The van der Waals surface area contributed by atoms with Crippen LogP contribution in [-0.4, -0.2) is 36.8 Å². The Kier molecular flexibility index (Phi) is 4.06. The zero-order valence-electron chi connectivity index (χ0n) is 12.4. The molecule has 2 heterocycles. The quantitative estimate of drug-likeness (QED) is 0.877. The molecule has 1 N–H and O–H groups in total. The molecule has 5 heteroatoms. The number of rotatable bonds is 4. The number of esters is 1. The lowest BCUT2D eigenvalue weighted by Gasteiger charge is -2.14. The van der Waals surface area contributed by atoms with Gasteiger partial charge in [-0.25, -0.2) is 4.98 Å². The summed E-state index contributed by atoms with van der Waals surface area (Å²) in [5.74, 6) is 0.324. The SMILES string of the molecule is C=Cc1ccc2ccnc(OC3CNC(C(=O)OC)C3)c2c1. The molecule has 2 atom stereocenters. The van der Waals surface area contributed by atoms with Crippen LogP contribution in [0.4, 0.5) is 0 Å². The first-order valence-electron chi connectivity index (χ1n) is 7.20. The number of nitrogens with zero attached hydrogens (tertiary/aromatic N) is 1. The van der Waals surface area contributed by atoms with Gasteiger partial charge in [-0.2, -0.15) is 0 Å². The van der Waals surface area contributed by atoms with Crippen LogP contribution in [0.5, 0.6) is 5.88 Å². The van der Waals surface area contributed by atoms with Crippen LogP contribution in [0.2, 0.25) is 0 Å². The number of methoxy groups -OCH3 is 1. The van der Waals surface area contributed by atoms with Crippen molar-refractivity contribution in [3.8, 4) is 5.88 Å². The maximum atomic E-state index is 11.5. The number of carbonyl (C=O) groups excluding carboxylic acids is 1. The third kappa shape index (κ3) is 2.80. The molecule has 0 amide bonds. The Morgan fingerprint density at radius 2 is 2.32 bits per heavy atom. The second-order valence-electron chi connectivity index (χ2n) is 5.26. The highest BCUT2D eigenvalue weighted by molar-refractivity contribution is 5.88. The van der Waals surface area contributed by atoms with Crippen molar-refractivity contribution in [2.75, 3.05) is 13.7 Å². The molecule has 114 valence electrons. The van der Waals surface area contributed by atoms with E-state index in [1.807, 2.05) is 24.3 Å². The molecule has 1 aliphatic rings. The van der Waals surface area contributed by atoms with E-state index in [1.54, 1.807) is 12.3 Å². The molecule has 5 nitrogen and oxygen atoms in total. The van der Waals surface area contributed by atoms with E-state index in [9.17, 15) is 4.79 Å². The summed E-state index contributed by atoms with van der Waals surface area (Å²) in [6, 6.07) is 7.66. The van der Waals surface area contributed by atoms with Crippen LogP contribution in [-0.2, 0) is 9.53 Å². The zero-order chi connectivity index (χ0) is 15.5. The zero-order valence-corrected chi connectivity index (χ0v) is 12.4. The molecule has 0 radical (unpaired) electrons. The maximum Gasteiger partial charge on any atom is 0.323 e. The van der Waals surface area contributed by atoms with Crippen molar-refractivity contribution in [1.29, 1.82) is 0 Å². The lowest BCUT2D eigenvalue weighted by atomic mass is 10.1. The Labute approximate surface area is 128 Å². The number of hydrogen-bond acceptors (Lipinski definition) is 5. The fourth-order valence-corrected chi connectivity index (χ4v) is 2.65. The number of pyridine rings is 1. The maximum absolute atomic E-state index is 11.5. The lowest BCUT2D eigenvalue weighted by Crippen LogP contribution is -2.31. The molecule has 1 fully saturated rings. The number of nitrogens with one attached hydrogen (secondary N) is 1. The Hall–Kier alpha value is -2.40. The third-order valence-electron chi connectivity index (χ3n) is 3.84. The van der Waals surface area contributed by atoms with E-state index in [-0.39, 0.29) is 18.1 Å². The van der Waals surface area contributed by atoms with Gasteiger partial charge in [-0.15, -0.1) is 0 Å². The molecule has 22 heavy (non-hydrogen) atoms. The van der Waals surface area contributed by atoms with Gasteiger partial charge in [-0.3, -0.25) is 4.79 Å². The first kappa shape index (κ1) is 14.5. The van der Waals surface area contributed by atoms with Crippen LogP contribution in [0.15, 0.2) is 37.0 Å². The van der Waals surface area contributed by atoms with Gasteiger partial charge in [-0.05, 0) is 23.1 Å². The Morgan fingerprint density at radius 3 is 3.09 bits per heavy atom. The summed E-state index contributed by atoms with van der Waals surface area (Å²) >= 11 is 0. The van der Waals surface area contributed by atoms with Crippen molar-refractivity contribution in [3.05, 3.63) is 42.6 Å². The summed E-state index contributed by atoms with van der Waals surface area (Å²) in [6.07, 6.45) is 3.99. The van der Waals surface area contributed by atoms with Gasteiger partial charge in [0.2, 0.25) is 5.88 Å². The van der Waals surface area contributed by atoms with Gasteiger partial charge >= 0.3 is 5.97 Å². The summed E-state index contributed by atoms with van der Waals surface area (Å²) in [4.78, 5) is 15.9. The van der Waals surface area contributed by atoms with Gasteiger partial charge in [0, 0.05) is 24.5 Å². The normalized spacial score (nSPS) is 20.8. The van der Waals surface area contributed by atoms with Crippen molar-refractivity contribution >= 4 is 22.8 Å². The molecule has 1 saturated heterocycles. The van der Waals surface area contributed by atoms with Gasteiger partial charge < -0.3 is 14.8 Å². The van der Waals surface area contributed by atoms with Crippen molar-refractivity contribution in [1.82, 2.24) is 10.3 Å². The number of aromatic nitrogens is 1. The van der Waals surface area contributed by atoms with E-state index < -0.39 is 0 Å². The molecule has 0 bridgehead atoms. The van der Waals surface area contributed by atoms with Crippen LogP contribution in [0, 0.1) is 0 Å². The van der Waals surface area contributed by atoms with Gasteiger partial charge in [-0.1, -0.05) is 24.8 Å². The third-order valence-corrected chi connectivity index (χ3v) is 3.84.